The van der Waals surface area contributed by atoms with Crippen LogP contribution in [0, 0.1) is 20.8 Å². The van der Waals surface area contributed by atoms with Crippen molar-refractivity contribution in [1.82, 2.24) is 10.2 Å². The second-order valence-corrected chi connectivity index (χ2v) is 13.0. The number of carbonyl (C=O) groups excluding carboxylic acids is 2. The molecule has 0 saturated heterocycles. The van der Waals surface area contributed by atoms with Crippen LogP contribution in [0.5, 0.6) is 5.75 Å². The molecular weight excluding hydrogens is 550 g/mol. The molecule has 0 aliphatic heterocycles. The number of benzene rings is 3. The van der Waals surface area contributed by atoms with E-state index in [1.807, 2.05) is 57.2 Å². The number of nitrogens with zero attached hydrogens (tertiary/aromatic N) is 2. The SMILES string of the molecule is COc1cccc(CN(C(=O)CN(c2cc(C)ccc2C)S(=O)(=O)c2ccc(C)cc2)[C@H](C)C(=O)NC2CCCC2)c1. The maximum Gasteiger partial charge on any atom is 0.264 e. The lowest BCUT2D eigenvalue weighted by Gasteiger charge is -2.33. The molecule has 42 heavy (non-hydrogen) atoms. The highest BCUT2D eigenvalue weighted by atomic mass is 32.2. The summed E-state index contributed by atoms with van der Waals surface area (Å²) in [4.78, 5) is 29.2. The number of anilines is 1. The van der Waals surface area contributed by atoms with E-state index in [0.717, 1.165) is 47.9 Å². The molecule has 2 amide bonds. The zero-order valence-corrected chi connectivity index (χ0v) is 25.9. The molecule has 0 aromatic heterocycles. The second-order valence-electron chi connectivity index (χ2n) is 11.2. The van der Waals surface area contributed by atoms with Gasteiger partial charge in [0.2, 0.25) is 11.8 Å². The van der Waals surface area contributed by atoms with E-state index in [4.69, 9.17) is 4.74 Å². The van der Waals surface area contributed by atoms with Gasteiger partial charge in [0.25, 0.3) is 10.0 Å². The van der Waals surface area contributed by atoms with Crippen LogP contribution in [-0.2, 0) is 26.2 Å². The molecule has 0 radical (unpaired) electrons. The first-order valence-corrected chi connectivity index (χ1v) is 15.8. The predicted molar refractivity (Wildman–Crippen MR) is 165 cm³/mol. The molecule has 224 valence electrons. The van der Waals surface area contributed by atoms with E-state index < -0.39 is 28.5 Å². The number of hydrogen-bond donors (Lipinski definition) is 1. The highest BCUT2D eigenvalue weighted by Crippen LogP contribution is 2.29. The maximum atomic E-state index is 14.2. The molecule has 1 N–H and O–H groups in total. The van der Waals surface area contributed by atoms with Gasteiger partial charge >= 0.3 is 0 Å². The first kappa shape index (κ1) is 31.1. The third kappa shape index (κ3) is 7.31. The molecule has 1 aliphatic carbocycles. The Bertz CT molecular complexity index is 1510. The third-order valence-electron chi connectivity index (χ3n) is 7.88. The predicted octanol–water partition coefficient (Wildman–Crippen LogP) is 5.29. The van der Waals surface area contributed by atoms with E-state index in [1.165, 1.54) is 9.21 Å². The van der Waals surface area contributed by atoms with E-state index in [0.29, 0.717) is 11.4 Å². The summed E-state index contributed by atoms with van der Waals surface area (Å²) in [6.45, 7) is 6.93. The van der Waals surface area contributed by atoms with E-state index >= 15 is 0 Å². The van der Waals surface area contributed by atoms with Gasteiger partial charge in [-0.1, -0.05) is 54.8 Å². The molecule has 0 bridgehead atoms. The fourth-order valence-electron chi connectivity index (χ4n) is 5.28. The number of ether oxygens (including phenoxy) is 1. The smallest absolute Gasteiger partial charge is 0.264 e. The summed E-state index contributed by atoms with van der Waals surface area (Å²) >= 11 is 0. The van der Waals surface area contributed by atoms with Crippen LogP contribution in [-0.4, -0.2) is 50.9 Å². The summed E-state index contributed by atoms with van der Waals surface area (Å²) in [6, 6.07) is 18.7. The Balaban J connectivity index is 1.72. The van der Waals surface area contributed by atoms with Crippen LogP contribution in [0.15, 0.2) is 71.6 Å². The van der Waals surface area contributed by atoms with Crippen LogP contribution < -0.4 is 14.4 Å². The van der Waals surface area contributed by atoms with Crippen molar-refractivity contribution in [3.63, 3.8) is 0 Å². The normalized spacial score (nSPS) is 14.3. The first-order chi connectivity index (χ1) is 20.0. The average Bonchev–Trinajstić information content (AvgIpc) is 3.49. The minimum absolute atomic E-state index is 0.0853. The number of sulfonamides is 1. The highest BCUT2D eigenvalue weighted by Gasteiger charge is 2.34. The molecule has 1 aliphatic rings. The summed E-state index contributed by atoms with van der Waals surface area (Å²) in [5, 5.41) is 3.10. The molecule has 0 heterocycles. The number of rotatable bonds is 11. The Morgan fingerprint density at radius 3 is 2.29 bits per heavy atom. The minimum Gasteiger partial charge on any atom is -0.497 e. The standard InChI is InChI=1S/C33H41N3O5S/c1-23-14-17-30(18-15-23)42(39,40)36(31-19-24(2)13-16-25(31)3)22-32(37)35(21-27-9-8-12-29(20-27)41-5)26(4)33(38)34-28-10-6-7-11-28/h8-9,12-20,26,28H,6-7,10-11,21-22H2,1-5H3,(H,34,38)/t26-/m1/s1. The van der Waals surface area contributed by atoms with Gasteiger partial charge in [0, 0.05) is 12.6 Å². The van der Waals surface area contributed by atoms with E-state index in [9.17, 15) is 18.0 Å². The Hall–Kier alpha value is -3.85. The topological polar surface area (TPSA) is 96.0 Å². The van der Waals surface area contributed by atoms with Gasteiger partial charge in [-0.05, 0) is 87.6 Å². The van der Waals surface area contributed by atoms with Gasteiger partial charge in [-0.25, -0.2) is 8.42 Å². The zero-order valence-electron chi connectivity index (χ0n) is 25.1. The van der Waals surface area contributed by atoms with Gasteiger partial charge < -0.3 is 15.0 Å². The molecular formula is C33H41N3O5S. The molecule has 3 aromatic rings. The van der Waals surface area contributed by atoms with Crippen molar-refractivity contribution in [2.45, 2.75) is 76.9 Å². The molecule has 9 heteroatoms. The van der Waals surface area contributed by atoms with Gasteiger partial charge in [0.1, 0.15) is 18.3 Å². The van der Waals surface area contributed by atoms with Crippen molar-refractivity contribution < 1.29 is 22.7 Å². The Morgan fingerprint density at radius 2 is 1.62 bits per heavy atom. The lowest BCUT2D eigenvalue weighted by Crippen LogP contribution is -2.52. The number of methoxy groups -OCH3 is 1. The van der Waals surface area contributed by atoms with E-state index in [1.54, 1.807) is 44.4 Å². The monoisotopic (exact) mass is 591 g/mol. The highest BCUT2D eigenvalue weighted by molar-refractivity contribution is 7.92. The fourth-order valence-corrected chi connectivity index (χ4v) is 6.75. The van der Waals surface area contributed by atoms with Crippen molar-refractivity contribution >= 4 is 27.5 Å². The first-order valence-electron chi connectivity index (χ1n) is 14.4. The lowest BCUT2D eigenvalue weighted by molar-refractivity contribution is -0.139. The van der Waals surface area contributed by atoms with Crippen LogP contribution in [0.2, 0.25) is 0 Å². The molecule has 8 nitrogen and oxygen atoms in total. The van der Waals surface area contributed by atoms with Gasteiger partial charge in [0.15, 0.2) is 0 Å². The van der Waals surface area contributed by atoms with Gasteiger partial charge in [-0.15, -0.1) is 0 Å². The molecule has 4 rings (SSSR count). The Labute approximate surface area is 249 Å². The molecule has 1 fully saturated rings. The quantitative estimate of drug-likeness (QED) is 0.327. The van der Waals surface area contributed by atoms with Crippen LogP contribution in [0.25, 0.3) is 0 Å². The van der Waals surface area contributed by atoms with Crippen LogP contribution in [0.1, 0.15) is 54.9 Å². The largest absolute Gasteiger partial charge is 0.497 e. The third-order valence-corrected chi connectivity index (χ3v) is 9.65. The number of nitrogens with one attached hydrogen (secondary N) is 1. The van der Waals surface area contributed by atoms with Crippen LogP contribution in [0.3, 0.4) is 0 Å². The maximum absolute atomic E-state index is 14.2. The molecule has 0 unspecified atom stereocenters. The van der Waals surface area contributed by atoms with Gasteiger partial charge in [-0.2, -0.15) is 0 Å². The summed E-state index contributed by atoms with van der Waals surface area (Å²) in [6.07, 6.45) is 3.95. The summed E-state index contributed by atoms with van der Waals surface area (Å²) in [7, 11) is -2.55. The summed E-state index contributed by atoms with van der Waals surface area (Å²) < 4.78 is 34.7. The van der Waals surface area contributed by atoms with E-state index in [2.05, 4.69) is 5.32 Å². The van der Waals surface area contributed by atoms with Crippen molar-refractivity contribution in [2.75, 3.05) is 18.0 Å². The van der Waals surface area contributed by atoms with Crippen molar-refractivity contribution in [3.8, 4) is 5.75 Å². The zero-order chi connectivity index (χ0) is 30.4. The summed E-state index contributed by atoms with van der Waals surface area (Å²) in [5.41, 5.74) is 3.70. The second kappa shape index (κ2) is 13.4. The number of aryl methyl sites for hydroxylation is 3. The molecule has 1 atom stereocenters. The average molecular weight is 592 g/mol. The van der Waals surface area contributed by atoms with Crippen molar-refractivity contribution in [1.29, 1.82) is 0 Å². The lowest BCUT2D eigenvalue weighted by atomic mass is 10.1. The van der Waals surface area contributed by atoms with Crippen LogP contribution >= 0.6 is 0 Å². The van der Waals surface area contributed by atoms with Crippen LogP contribution in [0.4, 0.5) is 5.69 Å². The summed E-state index contributed by atoms with van der Waals surface area (Å²) in [5.74, 6) is -0.108. The van der Waals surface area contributed by atoms with Gasteiger partial charge in [-0.3, -0.25) is 13.9 Å². The fraction of sp³-hybridized carbons (Fsp3) is 0.394. The Kier molecular flexibility index (Phi) is 9.93. The number of carbonyl (C=O) groups is 2. The number of amides is 2. The van der Waals surface area contributed by atoms with Gasteiger partial charge in [0.05, 0.1) is 17.7 Å². The minimum atomic E-state index is -4.12. The van der Waals surface area contributed by atoms with Crippen molar-refractivity contribution in [2.24, 2.45) is 0 Å². The molecule has 3 aromatic carbocycles. The Morgan fingerprint density at radius 1 is 0.952 bits per heavy atom. The molecule has 0 spiro atoms. The number of hydrogen-bond acceptors (Lipinski definition) is 5. The van der Waals surface area contributed by atoms with Crippen molar-refractivity contribution in [3.05, 3.63) is 89.0 Å². The molecule has 1 saturated carbocycles. The van der Waals surface area contributed by atoms with E-state index in [-0.39, 0.29) is 23.4 Å².